The largest absolute Gasteiger partial charge is 0.309 e. The van der Waals surface area contributed by atoms with Crippen LogP contribution in [0.5, 0.6) is 0 Å². The molecule has 0 aliphatic carbocycles. The zero-order valence-corrected chi connectivity index (χ0v) is 27.7. The van der Waals surface area contributed by atoms with E-state index in [1.54, 1.807) is 0 Å². The van der Waals surface area contributed by atoms with Gasteiger partial charge in [-0.25, -0.2) is 0 Å². The summed E-state index contributed by atoms with van der Waals surface area (Å²) in [5, 5.41) is 7.49. The Bertz CT molecular complexity index is 3070. The summed E-state index contributed by atoms with van der Waals surface area (Å²) in [6.45, 7) is 0. The Balaban J connectivity index is 1.22. The number of hydrogen-bond acceptors (Lipinski definition) is 0. The van der Waals surface area contributed by atoms with Crippen LogP contribution in [0.3, 0.4) is 0 Å². The summed E-state index contributed by atoms with van der Waals surface area (Å²) in [7, 11) is 0. The molecule has 0 radical (unpaired) electrons. The molecular weight excluding hydrogens is 619 g/mol. The summed E-state index contributed by atoms with van der Waals surface area (Å²) in [5.41, 5.74) is 13.0. The first-order valence-electron chi connectivity index (χ1n) is 17.5. The first-order valence-corrected chi connectivity index (χ1v) is 17.5. The van der Waals surface area contributed by atoms with Crippen LogP contribution in [-0.4, -0.2) is 13.7 Å². The number of hydrogen-bond donors (Lipinski definition) is 0. The van der Waals surface area contributed by atoms with Gasteiger partial charge in [0.15, 0.2) is 0 Å². The lowest BCUT2D eigenvalue weighted by molar-refractivity contribution is 1.12. The summed E-state index contributed by atoms with van der Waals surface area (Å²) in [4.78, 5) is 0. The van der Waals surface area contributed by atoms with Crippen LogP contribution in [-0.2, 0) is 0 Å². The Kier molecular flexibility index (Phi) is 5.96. The fraction of sp³-hybridized carbons (Fsp3) is 0. The molecule has 0 amide bonds. The molecule has 0 aliphatic heterocycles. The lowest BCUT2D eigenvalue weighted by Gasteiger charge is -2.15. The van der Waals surface area contributed by atoms with E-state index in [4.69, 9.17) is 0 Å². The van der Waals surface area contributed by atoms with Gasteiger partial charge in [-0.1, -0.05) is 133 Å². The van der Waals surface area contributed by atoms with Crippen LogP contribution in [0.4, 0.5) is 0 Å². The second-order valence-electron chi connectivity index (χ2n) is 13.4. The monoisotopic (exact) mass is 649 g/mol. The van der Waals surface area contributed by atoms with E-state index in [1.165, 1.54) is 76.5 Å². The van der Waals surface area contributed by atoms with Crippen molar-refractivity contribution in [2.24, 2.45) is 0 Å². The highest BCUT2D eigenvalue weighted by Crippen LogP contribution is 2.41. The first kappa shape index (κ1) is 28.0. The minimum absolute atomic E-state index is 1.14. The van der Waals surface area contributed by atoms with Crippen molar-refractivity contribution < 1.29 is 0 Å². The number of benzene rings is 8. The quantitative estimate of drug-likeness (QED) is 0.180. The number of fused-ring (bicyclic) bond motifs is 9. The molecule has 0 unspecified atom stereocenters. The number of nitrogens with zero attached hydrogens (tertiary/aromatic N) is 3. The van der Waals surface area contributed by atoms with Gasteiger partial charge in [-0.2, -0.15) is 0 Å². The molecule has 0 saturated carbocycles. The van der Waals surface area contributed by atoms with Crippen LogP contribution >= 0.6 is 0 Å². The summed E-state index contributed by atoms with van der Waals surface area (Å²) < 4.78 is 7.35. The summed E-state index contributed by atoms with van der Waals surface area (Å²) >= 11 is 0. The maximum absolute atomic E-state index is 2.48. The van der Waals surface area contributed by atoms with Gasteiger partial charge >= 0.3 is 0 Å². The van der Waals surface area contributed by atoms with Gasteiger partial charge in [-0.3, -0.25) is 0 Å². The van der Waals surface area contributed by atoms with E-state index in [0.29, 0.717) is 0 Å². The molecule has 3 heteroatoms. The van der Waals surface area contributed by atoms with Crippen molar-refractivity contribution >= 4 is 65.4 Å². The van der Waals surface area contributed by atoms with E-state index in [1.807, 2.05) is 0 Å². The van der Waals surface area contributed by atoms with Gasteiger partial charge in [0.2, 0.25) is 0 Å². The Morgan fingerprint density at radius 2 is 0.706 bits per heavy atom. The zero-order valence-electron chi connectivity index (χ0n) is 27.7. The molecule has 0 fully saturated rings. The lowest BCUT2D eigenvalue weighted by atomic mass is 10.1. The summed E-state index contributed by atoms with van der Waals surface area (Å²) in [5.74, 6) is 0. The maximum Gasteiger partial charge on any atom is 0.0782 e. The predicted octanol–water partition coefficient (Wildman–Crippen LogP) is 12.6. The summed E-state index contributed by atoms with van der Waals surface area (Å²) in [6, 6.07) is 68.5. The highest BCUT2D eigenvalue weighted by molar-refractivity contribution is 6.16. The minimum Gasteiger partial charge on any atom is -0.309 e. The smallest absolute Gasteiger partial charge is 0.0782 e. The standard InChI is InChI=1S/C48H31N3/c1-2-13-32(14-3-1)33-25-27-34(28-26-33)50-44-22-10-7-18-39(44)41-19-12-24-46(48(41)50)51-45-23-11-6-17-38(45)40-30-29-35(31-47(40)51)49-42-20-8-4-15-36(42)37-16-5-9-21-43(37)49/h1-31H. The molecule has 11 rings (SSSR count). The highest BCUT2D eigenvalue weighted by atomic mass is 15.1. The van der Waals surface area contributed by atoms with Crippen LogP contribution < -0.4 is 0 Å². The molecule has 0 N–H and O–H groups in total. The highest BCUT2D eigenvalue weighted by Gasteiger charge is 2.21. The molecule has 0 saturated heterocycles. The molecule has 51 heavy (non-hydrogen) atoms. The summed E-state index contributed by atoms with van der Waals surface area (Å²) in [6.07, 6.45) is 0. The Morgan fingerprint density at radius 1 is 0.255 bits per heavy atom. The number of aromatic nitrogens is 3. The number of rotatable bonds is 4. The lowest BCUT2D eigenvalue weighted by Crippen LogP contribution is -2.01. The molecule has 238 valence electrons. The third kappa shape index (κ3) is 4.06. The van der Waals surface area contributed by atoms with Crippen molar-refractivity contribution in [2.75, 3.05) is 0 Å². The second kappa shape index (κ2) is 10.8. The van der Waals surface area contributed by atoms with Gasteiger partial charge in [-0.05, 0) is 65.7 Å². The molecular formula is C48H31N3. The predicted molar refractivity (Wildman–Crippen MR) is 215 cm³/mol. The van der Waals surface area contributed by atoms with Crippen LogP contribution in [0.25, 0.3) is 93.6 Å². The molecule has 3 heterocycles. The van der Waals surface area contributed by atoms with Gasteiger partial charge in [0.05, 0.1) is 38.8 Å². The molecule has 8 aromatic carbocycles. The second-order valence-corrected chi connectivity index (χ2v) is 13.4. The van der Waals surface area contributed by atoms with Crippen LogP contribution in [0, 0.1) is 0 Å². The average molecular weight is 650 g/mol. The fourth-order valence-corrected chi connectivity index (χ4v) is 8.44. The van der Waals surface area contributed by atoms with E-state index in [0.717, 1.165) is 17.1 Å². The van der Waals surface area contributed by atoms with Crippen molar-refractivity contribution in [3.05, 3.63) is 188 Å². The normalized spacial score (nSPS) is 11.9. The minimum atomic E-state index is 1.14. The van der Waals surface area contributed by atoms with Crippen molar-refractivity contribution in [1.29, 1.82) is 0 Å². The average Bonchev–Trinajstić information content (AvgIpc) is 3.84. The Morgan fingerprint density at radius 3 is 1.33 bits per heavy atom. The Labute approximate surface area is 294 Å². The first-order chi connectivity index (χ1) is 25.3. The van der Waals surface area contributed by atoms with Crippen molar-refractivity contribution in [3.8, 4) is 28.2 Å². The van der Waals surface area contributed by atoms with E-state index >= 15 is 0 Å². The molecule has 3 nitrogen and oxygen atoms in total. The third-order valence-corrected chi connectivity index (χ3v) is 10.6. The van der Waals surface area contributed by atoms with Crippen molar-refractivity contribution in [1.82, 2.24) is 13.7 Å². The molecule has 11 aromatic rings. The fourth-order valence-electron chi connectivity index (χ4n) is 8.44. The van der Waals surface area contributed by atoms with Gasteiger partial charge in [-0.15, -0.1) is 0 Å². The maximum atomic E-state index is 2.48. The van der Waals surface area contributed by atoms with Crippen LogP contribution in [0.15, 0.2) is 188 Å². The van der Waals surface area contributed by atoms with Crippen molar-refractivity contribution in [2.45, 2.75) is 0 Å². The number of para-hydroxylation sites is 5. The van der Waals surface area contributed by atoms with Crippen LogP contribution in [0.1, 0.15) is 0 Å². The van der Waals surface area contributed by atoms with Crippen molar-refractivity contribution in [3.63, 3.8) is 0 Å². The van der Waals surface area contributed by atoms with E-state index in [-0.39, 0.29) is 0 Å². The SMILES string of the molecule is c1ccc(-c2ccc(-n3c4ccccc4c4cccc(-n5c6ccccc6c6ccc(-n7c8ccccc8c8ccccc87)cc65)c43)cc2)cc1. The van der Waals surface area contributed by atoms with E-state index in [9.17, 15) is 0 Å². The van der Waals surface area contributed by atoms with Gasteiger partial charge < -0.3 is 13.7 Å². The van der Waals surface area contributed by atoms with Gasteiger partial charge in [0.25, 0.3) is 0 Å². The van der Waals surface area contributed by atoms with E-state index < -0.39 is 0 Å². The van der Waals surface area contributed by atoms with Gasteiger partial charge in [0.1, 0.15) is 0 Å². The Hall–Kier alpha value is -6.84. The molecule has 3 aromatic heterocycles. The zero-order chi connectivity index (χ0) is 33.5. The van der Waals surface area contributed by atoms with E-state index in [2.05, 4.69) is 202 Å². The van der Waals surface area contributed by atoms with Crippen LogP contribution in [0.2, 0.25) is 0 Å². The van der Waals surface area contributed by atoms with Gasteiger partial charge in [0, 0.05) is 43.7 Å². The topological polar surface area (TPSA) is 14.8 Å². The molecule has 0 bridgehead atoms. The molecule has 0 atom stereocenters. The molecule has 0 aliphatic rings. The third-order valence-electron chi connectivity index (χ3n) is 10.6. The molecule has 0 spiro atoms.